The molecule has 0 radical (unpaired) electrons. The molecule has 37 heavy (non-hydrogen) atoms. The summed E-state index contributed by atoms with van der Waals surface area (Å²) in [5.41, 5.74) is -0.107. The summed E-state index contributed by atoms with van der Waals surface area (Å²) >= 11 is 0. The molecule has 1 aromatic carbocycles. The van der Waals surface area contributed by atoms with Crippen molar-refractivity contribution in [1.82, 2.24) is 9.29 Å². The first-order valence-electron chi connectivity index (χ1n) is 12.3. The van der Waals surface area contributed by atoms with Crippen LogP contribution in [0.2, 0.25) is 0 Å². The van der Waals surface area contributed by atoms with E-state index < -0.39 is 15.6 Å². The summed E-state index contributed by atoms with van der Waals surface area (Å²) in [6.07, 6.45) is 3.73. The monoisotopic (exact) mass is 533 g/mol. The number of aromatic nitrogens is 1. The molecule has 3 N–H and O–H groups in total. The number of aliphatic hydroxyl groups is 1. The van der Waals surface area contributed by atoms with Gasteiger partial charge in [0.1, 0.15) is 11.6 Å². The molecule has 0 aliphatic carbocycles. The lowest BCUT2D eigenvalue weighted by Gasteiger charge is -2.19. The Hall–Kier alpha value is -3.11. The van der Waals surface area contributed by atoms with Crippen molar-refractivity contribution in [2.75, 3.05) is 26.4 Å². The van der Waals surface area contributed by atoms with Gasteiger partial charge < -0.3 is 14.9 Å². The molecule has 0 saturated carbocycles. The Morgan fingerprint density at radius 1 is 1.19 bits per heavy atom. The number of ether oxygens (including phenoxy) is 1. The van der Waals surface area contributed by atoms with Crippen LogP contribution in [0.1, 0.15) is 50.7 Å². The van der Waals surface area contributed by atoms with E-state index in [4.69, 9.17) is 9.84 Å². The Morgan fingerprint density at radius 3 is 2.49 bits per heavy atom. The van der Waals surface area contributed by atoms with Crippen LogP contribution in [0.5, 0.6) is 5.88 Å². The van der Waals surface area contributed by atoms with Crippen molar-refractivity contribution in [1.29, 1.82) is 5.26 Å². The zero-order valence-electron chi connectivity index (χ0n) is 21.5. The average molecular weight is 534 g/mol. The van der Waals surface area contributed by atoms with Crippen LogP contribution in [0, 0.1) is 24.2 Å². The number of aliphatic hydroxyl groups excluding tert-OH is 1. The number of sulfonamides is 1. The zero-order valence-corrected chi connectivity index (χ0v) is 22.3. The van der Waals surface area contributed by atoms with Crippen molar-refractivity contribution in [3.63, 3.8) is 0 Å². The third kappa shape index (κ3) is 8.19. The van der Waals surface area contributed by atoms with Crippen molar-refractivity contribution in [2.45, 2.75) is 57.9 Å². The summed E-state index contributed by atoms with van der Waals surface area (Å²) in [4.78, 5) is 13.2. The van der Waals surface area contributed by atoms with E-state index in [9.17, 15) is 23.6 Å². The Kier molecular flexibility index (Phi) is 11.9. The smallest absolute Gasteiger partial charge is 0.281 e. The lowest BCUT2D eigenvalue weighted by atomic mass is 9.99. The molecule has 2 aromatic rings. The van der Waals surface area contributed by atoms with Crippen LogP contribution in [0.3, 0.4) is 0 Å². The number of nitriles is 1. The number of hydrogen-bond donors (Lipinski definition) is 3. The van der Waals surface area contributed by atoms with Gasteiger partial charge in [-0.3, -0.25) is 9.36 Å². The highest BCUT2D eigenvalue weighted by Gasteiger charge is 2.21. The first-order valence-corrected chi connectivity index (χ1v) is 13.7. The number of nitrogens with zero attached hydrogens (tertiary/aromatic N) is 4. The zero-order chi connectivity index (χ0) is 27.4. The van der Waals surface area contributed by atoms with Gasteiger partial charge in [-0.15, -0.1) is 5.11 Å². The fourth-order valence-corrected chi connectivity index (χ4v) is 4.71. The molecule has 0 aliphatic heterocycles. The molecule has 0 bridgehead atoms. The van der Waals surface area contributed by atoms with Crippen LogP contribution in [-0.2, 0) is 21.3 Å². The summed E-state index contributed by atoms with van der Waals surface area (Å²) in [5, 5.41) is 37.0. The molecular formula is C25H35N5O6S. The van der Waals surface area contributed by atoms with Crippen LogP contribution in [0.15, 0.2) is 44.2 Å². The average Bonchev–Trinajstić information content (AvgIpc) is 2.88. The van der Waals surface area contributed by atoms with E-state index in [0.717, 1.165) is 25.7 Å². The number of pyridine rings is 1. The minimum Gasteiger partial charge on any atom is -0.493 e. The van der Waals surface area contributed by atoms with Crippen molar-refractivity contribution >= 4 is 21.4 Å². The van der Waals surface area contributed by atoms with Gasteiger partial charge in [0.2, 0.25) is 15.9 Å². The van der Waals surface area contributed by atoms with E-state index in [1.807, 2.05) is 13.0 Å². The molecule has 11 nitrogen and oxygen atoms in total. The minimum atomic E-state index is -3.77. The first kappa shape index (κ1) is 30.1. The normalized spacial score (nSPS) is 12.6. The predicted molar refractivity (Wildman–Crippen MR) is 139 cm³/mol. The Morgan fingerprint density at radius 2 is 1.89 bits per heavy atom. The standard InChI is InChI=1S/C25H35N5O6S/c1-4-6-7-19(5-2)17-30-24(32)22(16-26)18(3)23(25(30)33)29-28-20-8-10-21(11-9-20)37(34,35)27-12-14-36-15-13-31/h8-11,19,27,31-32H,4-7,12-15,17H2,1-3H3. The molecule has 2 rings (SSSR count). The molecule has 0 amide bonds. The third-order valence-corrected chi connectivity index (χ3v) is 7.42. The number of hydrogen-bond acceptors (Lipinski definition) is 9. The molecule has 202 valence electrons. The van der Waals surface area contributed by atoms with E-state index in [0.29, 0.717) is 5.69 Å². The molecule has 0 spiro atoms. The highest BCUT2D eigenvalue weighted by atomic mass is 32.2. The van der Waals surface area contributed by atoms with Crippen LogP contribution < -0.4 is 10.3 Å². The van der Waals surface area contributed by atoms with E-state index in [-0.39, 0.29) is 66.4 Å². The number of benzene rings is 1. The van der Waals surface area contributed by atoms with Gasteiger partial charge in [-0.2, -0.15) is 10.4 Å². The first-order chi connectivity index (χ1) is 17.7. The van der Waals surface area contributed by atoms with Gasteiger partial charge >= 0.3 is 0 Å². The Bertz CT molecular complexity index is 1270. The Labute approximate surface area is 217 Å². The van der Waals surface area contributed by atoms with Crippen molar-refractivity contribution in [3.8, 4) is 11.9 Å². The van der Waals surface area contributed by atoms with Crippen molar-refractivity contribution in [3.05, 3.63) is 45.7 Å². The van der Waals surface area contributed by atoms with E-state index in [2.05, 4.69) is 21.9 Å². The maximum absolute atomic E-state index is 13.2. The van der Waals surface area contributed by atoms with E-state index >= 15 is 0 Å². The number of rotatable bonds is 15. The molecule has 0 fully saturated rings. The lowest BCUT2D eigenvalue weighted by Crippen LogP contribution is -2.27. The second-order valence-corrected chi connectivity index (χ2v) is 10.3. The van der Waals surface area contributed by atoms with E-state index in [1.54, 1.807) is 0 Å². The molecule has 1 unspecified atom stereocenters. The van der Waals surface area contributed by atoms with Gasteiger partial charge in [-0.25, -0.2) is 13.1 Å². The molecule has 1 atom stereocenters. The highest BCUT2D eigenvalue weighted by Crippen LogP contribution is 2.28. The number of azo groups is 1. The van der Waals surface area contributed by atoms with Crippen molar-refractivity contribution in [2.24, 2.45) is 16.1 Å². The third-order valence-electron chi connectivity index (χ3n) is 5.94. The van der Waals surface area contributed by atoms with Crippen LogP contribution in [0.4, 0.5) is 11.4 Å². The number of aromatic hydroxyl groups is 1. The molecule has 1 aromatic heterocycles. The molecular weight excluding hydrogens is 498 g/mol. The van der Waals surface area contributed by atoms with Gasteiger partial charge in [0.15, 0.2) is 5.69 Å². The summed E-state index contributed by atoms with van der Waals surface area (Å²) in [6, 6.07) is 7.54. The van der Waals surface area contributed by atoms with Crippen LogP contribution in [0.25, 0.3) is 0 Å². The maximum atomic E-state index is 13.2. The van der Waals surface area contributed by atoms with Gasteiger partial charge in [-0.05, 0) is 43.5 Å². The van der Waals surface area contributed by atoms with E-state index in [1.165, 1.54) is 35.8 Å². The largest absolute Gasteiger partial charge is 0.493 e. The Balaban J connectivity index is 2.29. The van der Waals surface area contributed by atoms with Gasteiger partial charge in [0.25, 0.3) is 5.56 Å². The predicted octanol–water partition coefficient (Wildman–Crippen LogP) is 3.65. The summed E-state index contributed by atoms with van der Waals surface area (Å²) < 4.78 is 33.4. The fourth-order valence-electron chi connectivity index (χ4n) is 3.70. The second-order valence-electron chi connectivity index (χ2n) is 8.54. The second kappa shape index (κ2) is 14.6. The van der Waals surface area contributed by atoms with Gasteiger partial charge in [0.05, 0.1) is 30.4 Å². The SMILES string of the molecule is CCCCC(CC)Cn1c(O)c(C#N)c(C)c(N=Nc2ccc(S(=O)(=O)NCCOCCO)cc2)c1=O. The molecule has 12 heteroatoms. The lowest BCUT2D eigenvalue weighted by molar-refractivity contribution is 0.0961. The fraction of sp³-hybridized carbons (Fsp3) is 0.520. The summed E-state index contributed by atoms with van der Waals surface area (Å²) in [7, 11) is -3.77. The summed E-state index contributed by atoms with van der Waals surface area (Å²) in [6.45, 7) is 6.06. The topological polar surface area (TPSA) is 166 Å². The minimum absolute atomic E-state index is 0.0150. The number of unbranched alkanes of at least 4 members (excludes halogenated alkanes) is 1. The maximum Gasteiger partial charge on any atom is 0.281 e. The van der Waals surface area contributed by atoms with Crippen molar-refractivity contribution < 1.29 is 23.4 Å². The number of nitrogens with one attached hydrogen (secondary N) is 1. The molecule has 0 saturated heterocycles. The molecule has 1 heterocycles. The molecule has 0 aliphatic rings. The highest BCUT2D eigenvalue weighted by molar-refractivity contribution is 7.89. The van der Waals surface area contributed by atoms with Crippen LogP contribution >= 0.6 is 0 Å². The quantitative estimate of drug-likeness (QED) is 0.232. The summed E-state index contributed by atoms with van der Waals surface area (Å²) in [5.74, 6) is -0.213. The van der Waals surface area contributed by atoms with Crippen LogP contribution in [-0.4, -0.2) is 49.6 Å². The van der Waals surface area contributed by atoms with Gasteiger partial charge in [0, 0.05) is 18.7 Å². The van der Waals surface area contributed by atoms with Gasteiger partial charge in [-0.1, -0.05) is 33.1 Å².